The van der Waals surface area contributed by atoms with E-state index >= 15 is 0 Å². The molecule has 2 aliphatic rings. The Morgan fingerprint density at radius 2 is 2.00 bits per heavy atom. The fraction of sp³-hybridized carbons (Fsp3) is 0.440. The number of rotatable bonds is 7. The lowest BCUT2D eigenvalue weighted by Gasteiger charge is -2.49. The van der Waals surface area contributed by atoms with Crippen LogP contribution in [0.4, 0.5) is 0 Å². The number of aliphatic carboxylic acids is 1. The summed E-state index contributed by atoms with van der Waals surface area (Å²) < 4.78 is 12.7. The first-order valence-electron chi connectivity index (χ1n) is 11.0. The first kappa shape index (κ1) is 22.6. The van der Waals surface area contributed by atoms with Crippen molar-refractivity contribution >= 4 is 23.5 Å². The monoisotopic (exact) mass is 457 g/mol. The highest BCUT2D eigenvalue weighted by molar-refractivity contribution is 6.30. The highest BCUT2D eigenvalue weighted by atomic mass is 35.5. The maximum absolute atomic E-state index is 12.3. The van der Waals surface area contributed by atoms with Crippen LogP contribution in [0.5, 0.6) is 5.75 Å². The molecule has 0 unspecified atom stereocenters. The number of carbonyl (C=O) groups is 2. The molecule has 0 saturated carbocycles. The first-order valence-corrected chi connectivity index (χ1v) is 11.4. The Hall–Kier alpha value is -2.57. The van der Waals surface area contributed by atoms with Gasteiger partial charge in [0.1, 0.15) is 11.4 Å². The average molecular weight is 458 g/mol. The highest BCUT2D eigenvalue weighted by Gasteiger charge is 2.48. The minimum absolute atomic E-state index is 0.0186. The van der Waals surface area contributed by atoms with Crippen LogP contribution in [0.1, 0.15) is 60.2 Å². The fourth-order valence-corrected chi connectivity index (χ4v) is 4.94. The van der Waals surface area contributed by atoms with E-state index in [4.69, 9.17) is 26.2 Å². The van der Waals surface area contributed by atoms with Gasteiger partial charge in [0.2, 0.25) is 0 Å². The van der Waals surface area contributed by atoms with Gasteiger partial charge in [-0.2, -0.15) is 0 Å². The lowest BCUT2D eigenvalue weighted by molar-refractivity contribution is -0.136. The number of hydrogen-bond acceptors (Lipinski definition) is 4. The van der Waals surface area contributed by atoms with Gasteiger partial charge in [-0.1, -0.05) is 17.7 Å². The summed E-state index contributed by atoms with van der Waals surface area (Å²) in [5.41, 5.74) is 1.86. The molecule has 1 amide bonds. The minimum atomic E-state index is -0.853. The van der Waals surface area contributed by atoms with E-state index in [2.05, 4.69) is 12.2 Å². The van der Waals surface area contributed by atoms with Crippen molar-refractivity contribution in [2.24, 2.45) is 5.92 Å². The summed E-state index contributed by atoms with van der Waals surface area (Å²) in [6.07, 6.45) is 3.38. The second kappa shape index (κ2) is 9.51. The van der Waals surface area contributed by atoms with Gasteiger partial charge in [0.25, 0.3) is 5.91 Å². The number of nitrogens with one attached hydrogen (secondary N) is 1. The topological polar surface area (TPSA) is 84.9 Å². The van der Waals surface area contributed by atoms with Crippen LogP contribution in [-0.2, 0) is 16.0 Å². The summed E-state index contributed by atoms with van der Waals surface area (Å²) in [5, 5.41) is 12.7. The lowest BCUT2D eigenvalue weighted by Crippen LogP contribution is -2.49. The van der Waals surface area contributed by atoms with Gasteiger partial charge in [-0.25, -0.2) is 0 Å². The van der Waals surface area contributed by atoms with Crippen LogP contribution in [-0.4, -0.2) is 35.7 Å². The van der Waals surface area contributed by atoms with Gasteiger partial charge in [0, 0.05) is 35.2 Å². The summed E-state index contributed by atoms with van der Waals surface area (Å²) in [5.74, 6) is -0.0365. The maximum atomic E-state index is 12.3. The molecule has 0 spiro atoms. The van der Waals surface area contributed by atoms with Crippen molar-refractivity contribution in [1.82, 2.24) is 5.32 Å². The molecule has 2 aromatic carbocycles. The molecule has 3 atom stereocenters. The molecule has 2 N–H and O–H groups in total. The number of benzene rings is 2. The molecule has 2 aromatic rings. The first-order chi connectivity index (χ1) is 15.4. The number of halogens is 1. The SMILES string of the molecule is C[C@@]1(CCCNC(=O)c2ccc(Cl)cc2)Oc2ccc(CC(=O)O)cc2[C@@H]2OCCC[C@H]21. The Labute approximate surface area is 192 Å². The molecule has 0 aromatic heterocycles. The Kier molecular flexibility index (Phi) is 6.72. The van der Waals surface area contributed by atoms with Crippen molar-refractivity contribution in [3.05, 3.63) is 64.2 Å². The van der Waals surface area contributed by atoms with Crippen LogP contribution in [0.15, 0.2) is 42.5 Å². The number of amides is 1. The zero-order chi connectivity index (χ0) is 22.7. The maximum Gasteiger partial charge on any atom is 0.307 e. The second-order valence-corrected chi connectivity index (χ2v) is 9.20. The highest BCUT2D eigenvalue weighted by Crippen LogP contribution is 2.51. The van der Waals surface area contributed by atoms with Crippen molar-refractivity contribution < 1.29 is 24.2 Å². The molecule has 2 aliphatic heterocycles. The van der Waals surface area contributed by atoms with E-state index in [1.165, 1.54) is 0 Å². The summed E-state index contributed by atoms with van der Waals surface area (Å²) in [6.45, 7) is 3.36. The molecule has 0 radical (unpaired) electrons. The van der Waals surface area contributed by atoms with Gasteiger partial charge in [0.05, 0.1) is 12.5 Å². The van der Waals surface area contributed by atoms with Crippen LogP contribution in [0.2, 0.25) is 5.02 Å². The summed E-state index contributed by atoms with van der Waals surface area (Å²) in [6, 6.07) is 12.4. The predicted molar refractivity (Wildman–Crippen MR) is 121 cm³/mol. The van der Waals surface area contributed by atoms with E-state index in [-0.39, 0.29) is 24.3 Å². The van der Waals surface area contributed by atoms with E-state index in [0.717, 1.165) is 42.6 Å². The average Bonchev–Trinajstić information content (AvgIpc) is 2.77. The summed E-state index contributed by atoms with van der Waals surface area (Å²) in [7, 11) is 0. The largest absolute Gasteiger partial charge is 0.487 e. The fourth-order valence-electron chi connectivity index (χ4n) is 4.82. The van der Waals surface area contributed by atoms with Crippen molar-refractivity contribution in [2.75, 3.05) is 13.2 Å². The van der Waals surface area contributed by atoms with E-state index in [0.29, 0.717) is 23.7 Å². The number of ether oxygens (including phenoxy) is 2. The van der Waals surface area contributed by atoms with E-state index < -0.39 is 11.6 Å². The number of carboxylic acid groups (broad SMARTS) is 1. The van der Waals surface area contributed by atoms with Gasteiger partial charge in [-0.05, 0) is 74.6 Å². The van der Waals surface area contributed by atoms with Crippen LogP contribution in [0.25, 0.3) is 0 Å². The molecular weight excluding hydrogens is 430 g/mol. The third-order valence-electron chi connectivity index (χ3n) is 6.43. The molecule has 4 rings (SSSR count). The smallest absolute Gasteiger partial charge is 0.307 e. The second-order valence-electron chi connectivity index (χ2n) is 8.76. The van der Waals surface area contributed by atoms with Gasteiger partial charge in [-0.3, -0.25) is 9.59 Å². The Balaban J connectivity index is 1.42. The standard InChI is InChI=1S/C25H28ClNO5/c1-25(11-3-12-27-24(30)17-6-8-18(26)9-7-17)20-4-2-13-31-23(20)19-14-16(15-22(28)29)5-10-21(19)32-25/h5-10,14,20,23H,2-4,11-13,15H2,1H3,(H,27,30)(H,28,29)/t20-,23+,25+/m1/s1. The summed E-state index contributed by atoms with van der Waals surface area (Å²) in [4.78, 5) is 23.5. The van der Waals surface area contributed by atoms with Crippen molar-refractivity contribution in [3.63, 3.8) is 0 Å². The number of carboxylic acids is 1. The van der Waals surface area contributed by atoms with Crippen molar-refractivity contribution in [1.29, 1.82) is 0 Å². The van der Waals surface area contributed by atoms with Crippen molar-refractivity contribution in [2.45, 2.75) is 50.7 Å². The van der Waals surface area contributed by atoms with E-state index in [1.54, 1.807) is 24.3 Å². The van der Waals surface area contributed by atoms with Crippen molar-refractivity contribution in [3.8, 4) is 5.75 Å². The van der Waals surface area contributed by atoms with E-state index in [1.807, 2.05) is 18.2 Å². The number of hydrogen-bond donors (Lipinski definition) is 2. The third-order valence-corrected chi connectivity index (χ3v) is 6.68. The molecule has 1 fully saturated rings. The molecule has 1 saturated heterocycles. The zero-order valence-corrected chi connectivity index (χ0v) is 18.9. The molecule has 32 heavy (non-hydrogen) atoms. The van der Waals surface area contributed by atoms with Gasteiger partial charge in [0.15, 0.2) is 0 Å². The molecule has 6 nitrogen and oxygen atoms in total. The molecule has 170 valence electrons. The number of fused-ring (bicyclic) bond motifs is 3. The van der Waals surface area contributed by atoms with Crippen LogP contribution < -0.4 is 10.1 Å². The van der Waals surface area contributed by atoms with Crippen LogP contribution in [0, 0.1) is 5.92 Å². The zero-order valence-electron chi connectivity index (χ0n) is 18.1. The van der Waals surface area contributed by atoms with Gasteiger partial charge in [-0.15, -0.1) is 0 Å². The quantitative estimate of drug-likeness (QED) is 0.583. The molecule has 0 bridgehead atoms. The molecule has 2 heterocycles. The Morgan fingerprint density at radius 3 is 2.75 bits per heavy atom. The molecular formula is C25H28ClNO5. The van der Waals surface area contributed by atoms with Gasteiger partial charge >= 0.3 is 5.97 Å². The Morgan fingerprint density at radius 1 is 1.22 bits per heavy atom. The minimum Gasteiger partial charge on any atom is -0.487 e. The third kappa shape index (κ3) is 4.92. The lowest BCUT2D eigenvalue weighted by atomic mass is 9.73. The Bertz CT molecular complexity index is 992. The number of carbonyl (C=O) groups excluding carboxylic acids is 1. The molecule has 7 heteroatoms. The normalized spacial score (nSPS) is 24.1. The summed E-state index contributed by atoms with van der Waals surface area (Å²) >= 11 is 5.89. The predicted octanol–water partition coefficient (Wildman–Crippen LogP) is 4.80. The van der Waals surface area contributed by atoms with E-state index in [9.17, 15) is 9.59 Å². The molecule has 0 aliphatic carbocycles. The van der Waals surface area contributed by atoms with Crippen LogP contribution >= 0.6 is 11.6 Å². The van der Waals surface area contributed by atoms with Crippen LogP contribution in [0.3, 0.4) is 0 Å². The van der Waals surface area contributed by atoms with Gasteiger partial charge < -0.3 is 19.9 Å².